The van der Waals surface area contributed by atoms with Gasteiger partial charge < -0.3 is 4.90 Å². The fourth-order valence-electron chi connectivity index (χ4n) is 2.66. The van der Waals surface area contributed by atoms with E-state index in [1.165, 1.54) is 32.4 Å². The molecule has 1 aliphatic rings. The van der Waals surface area contributed by atoms with Crippen molar-refractivity contribution >= 4 is 0 Å². The van der Waals surface area contributed by atoms with Gasteiger partial charge in [-0.3, -0.25) is 5.32 Å². The van der Waals surface area contributed by atoms with Gasteiger partial charge in [0.15, 0.2) is 0 Å². The van der Waals surface area contributed by atoms with E-state index in [4.69, 9.17) is 0 Å². The first kappa shape index (κ1) is 16.5. The Morgan fingerprint density at radius 3 is 2.53 bits per heavy atom. The van der Waals surface area contributed by atoms with Gasteiger partial charge in [-0.1, -0.05) is 6.92 Å². The smallest absolute Gasteiger partial charge is 0.104 e. The van der Waals surface area contributed by atoms with Crippen molar-refractivity contribution < 1.29 is 0 Å². The third-order valence-corrected chi connectivity index (χ3v) is 3.92. The van der Waals surface area contributed by atoms with Crippen LogP contribution >= 0.6 is 0 Å². The number of hydrogen-bond donors (Lipinski definition) is 1. The zero-order valence-electron chi connectivity index (χ0n) is 13.2. The highest BCUT2D eigenvalue weighted by molar-refractivity contribution is 5.04. The summed E-state index contributed by atoms with van der Waals surface area (Å²) in [5, 5.41) is 12.7. The van der Waals surface area contributed by atoms with Gasteiger partial charge in [0.1, 0.15) is 5.54 Å². The molecule has 1 N–H and O–H groups in total. The van der Waals surface area contributed by atoms with Crippen LogP contribution in [0.3, 0.4) is 0 Å². The summed E-state index contributed by atoms with van der Waals surface area (Å²) in [4.78, 5) is 2.57. The number of hydrogen-bond acceptors (Lipinski definition) is 3. The summed E-state index contributed by atoms with van der Waals surface area (Å²) in [6.07, 6.45) is 6.15. The van der Waals surface area contributed by atoms with Crippen LogP contribution in [0.25, 0.3) is 0 Å². The molecule has 3 nitrogen and oxygen atoms in total. The fourth-order valence-corrected chi connectivity index (χ4v) is 2.66. The van der Waals surface area contributed by atoms with Gasteiger partial charge >= 0.3 is 0 Å². The Balaban J connectivity index is 2.18. The van der Waals surface area contributed by atoms with Crippen LogP contribution in [-0.4, -0.2) is 36.1 Å². The normalized spacial score (nSPS) is 18.6. The van der Waals surface area contributed by atoms with Gasteiger partial charge in [-0.25, -0.2) is 0 Å². The molecular formula is C16H31N3. The summed E-state index contributed by atoms with van der Waals surface area (Å²) in [5.74, 6) is 0.979. The summed E-state index contributed by atoms with van der Waals surface area (Å²) in [5.41, 5.74) is -0.359. The SMILES string of the molecule is CCN(CCCCC(C)(C#N)NC(C)C)CC1CC1. The Bertz CT molecular complexity index is 291. The van der Waals surface area contributed by atoms with Gasteiger partial charge in [-0.05, 0) is 71.9 Å². The summed E-state index contributed by atoms with van der Waals surface area (Å²) >= 11 is 0. The molecule has 1 fully saturated rings. The molecule has 0 radical (unpaired) electrons. The molecule has 0 bridgehead atoms. The van der Waals surface area contributed by atoms with Crippen LogP contribution in [0.4, 0.5) is 0 Å². The lowest BCUT2D eigenvalue weighted by atomic mass is 9.95. The van der Waals surface area contributed by atoms with E-state index in [9.17, 15) is 5.26 Å². The number of nitrogens with one attached hydrogen (secondary N) is 1. The molecule has 0 heterocycles. The Hall–Kier alpha value is -0.590. The zero-order valence-corrected chi connectivity index (χ0v) is 13.2. The van der Waals surface area contributed by atoms with Crippen molar-refractivity contribution in [1.82, 2.24) is 10.2 Å². The van der Waals surface area contributed by atoms with Crippen molar-refractivity contribution in [2.75, 3.05) is 19.6 Å². The molecule has 0 saturated heterocycles. The first-order chi connectivity index (χ1) is 8.99. The van der Waals surface area contributed by atoms with Crippen LogP contribution in [0.15, 0.2) is 0 Å². The molecule has 1 aliphatic carbocycles. The Kier molecular flexibility index (Phi) is 6.82. The van der Waals surface area contributed by atoms with Crippen LogP contribution in [0.1, 0.15) is 59.8 Å². The van der Waals surface area contributed by atoms with E-state index in [1.807, 2.05) is 6.92 Å². The highest BCUT2D eigenvalue weighted by Crippen LogP contribution is 2.29. The van der Waals surface area contributed by atoms with Gasteiger partial charge in [0.2, 0.25) is 0 Å². The predicted molar refractivity (Wildman–Crippen MR) is 81.0 cm³/mol. The van der Waals surface area contributed by atoms with Crippen molar-refractivity contribution in [2.24, 2.45) is 5.92 Å². The lowest BCUT2D eigenvalue weighted by molar-refractivity contribution is 0.264. The minimum absolute atomic E-state index is 0.359. The maximum Gasteiger partial charge on any atom is 0.104 e. The minimum atomic E-state index is -0.359. The van der Waals surface area contributed by atoms with Crippen molar-refractivity contribution in [3.63, 3.8) is 0 Å². The maximum absolute atomic E-state index is 9.29. The van der Waals surface area contributed by atoms with E-state index in [-0.39, 0.29) is 5.54 Å². The molecule has 0 aromatic carbocycles. The average Bonchev–Trinajstić information content (AvgIpc) is 3.16. The maximum atomic E-state index is 9.29. The Morgan fingerprint density at radius 1 is 1.37 bits per heavy atom. The molecule has 1 saturated carbocycles. The first-order valence-electron chi connectivity index (χ1n) is 7.90. The fraction of sp³-hybridized carbons (Fsp3) is 0.938. The minimum Gasteiger partial charge on any atom is -0.303 e. The third-order valence-electron chi connectivity index (χ3n) is 3.92. The van der Waals surface area contributed by atoms with Crippen molar-refractivity contribution in [3.8, 4) is 6.07 Å². The summed E-state index contributed by atoms with van der Waals surface area (Å²) < 4.78 is 0. The second-order valence-corrected chi connectivity index (χ2v) is 6.54. The van der Waals surface area contributed by atoms with Gasteiger partial charge in [0.05, 0.1) is 6.07 Å². The molecule has 1 atom stereocenters. The van der Waals surface area contributed by atoms with Gasteiger partial charge in [0.25, 0.3) is 0 Å². The van der Waals surface area contributed by atoms with Crippen LogP contribution in [0, 0.1) is 17.2 Å². The molecule has 0 aromatic heterocycles. The van der Waals surface area contributed by atoms with E-state index < -0.39 is 0 Å². The zero-order chi connectivity index (χ0) is 14.3. The first-order valence-corrected chi connectivity index (χ1v) is 7.90. The molecule has 110 valence electrons. The molecule has 0 amide bonds. The Labute approximate surface area is 119 Å². The molecule has 0 aliphatic heterocycles. The van der Waals surface area contributed by atoms with Crippen molar-refractivity contribution in [3.05, 3.63) is 0 Å². The molecule has 0 aromatic rings. The second kappa shape index (κ2) is 7.87. The lowest BCUT2D eigenvalue weighted by Gasteiger charge is -2.26. The van der Waals surface area contributed by atoms with E-state index >= 15 is 0 Å². The largest absolute Gasteiger partial charge is 0.303 e. The van der Waals surface area contributed by atoms with E-state index in [0.29, 0.717) is 6.04 Å². The van der Waals surface area contributed by atoms with Gasteiger partial charge in [-0.2, -0.15) is 5.26 Å². The average molecular weight is 265 g/mol. The molecule has 1 rings (SSSR count). The predicted octanol–water partition coefficient (Wildman–Crippen LogP) is 3.17. The van der Waals surface area contributed by atoms with Crippen molar-refractivity contribution in [2.45, 2.75) is 71.4 Å². The Morgan fingerprint density at radius 2 is 2.05 bits per heavy atom. The highest BCUT2D eigenvalue weighted by Gasteiger charge is 2.25. The van der Waals surface area contributed by atoms with E-state index in [0.717, 1.165) is 25.3 Å². The van der Waals surface area contributed by atoms with Crippen LogP contribution in [0.2, 0.25) is 0 Å². The molecular weight excluding hydrogens is 234 g/mol. The highest BCUT2D eigenvalue weighted by atomic mass is 15.1. The van der Waals surface area contributed by atoms with Crippen LogP contribution in [-0.2, 0) is 0 Å². The lowest BCUT2D eigenvalue weighted by Crippen LogP contribution is -2.45. The second-order valence-electron chi connectivity index (χ2n) is 6.54. The van der Waals surface area contributed by atoms with Gasteiger partial charge in [0, 0.05) is 12.6 Å². The molecule has 3 heteroatoms. The standard InChI is InChI=1S/C16H31N3/c1-5-19(12-15-8-9-15)11-7-6-10-16(4,13-17)18-14(2)3/h14-15,18H,5-12H2,1-4H3. The molecule has 1 unspecified atom stereocenters. The number of nitrogens with zero attached hydrogens (tertiary/aromatic N) is 2. The van der Waals surface area contributed by atoms with Crippen LogP contribution < -0.4 is 5.32 Å². The number of rotatable bonds is 10. The van der Waals surface area contributed by atoms with E-state index in [2.05, 4.69) is 37.1 Å². The third kappa shape index (κ3) is 6.94. The summed E-state index contributed by atoms with van der Waals surface area (Å²) in [6, 6.07) is 2.80. The van der Waals surface area contributed by atoms with Crippen LogP contribution in [0.5, 0.6) is 0 Å². The quantitative estimate of drug-likeness (QED) is 0.617. The topological polar surface area (TPSA) is 39.1 Å². The van der Waals surface area contributed by atoms with E-state index in [1.54, 1.807) is 0 Å². The van der Waals surface area contributed by atoms with Crippen molar-refractivity contribution in [1.29, 1.82) is 5.26 Å². The summed E-state index contributed by atoms with van der Waals surface area (Å²) in [6.45, 7) is 12.1. The number of nitriles is 1. The molecule has 19 heavy (non-hydrogen) atoms. The monoisotopic (exact) mass is 265 g/mol. The van der Waals surface area contributed by atoms with Gasteiger partial charge in [-0.15, -0.1) is 0 Å². The summed E-state index contributed by atoms with van der Waals surface area (Å²) in [7, 11) is 0. The number of unbranched alkanes of at least 4 members (excludes halogenated alkanes) is 1. The molecule has 0 spiro atoms.